The maximum Gasteiger partial charge on any atom is 0.0430 e. The van der Waals surface area contributed by atoms with Gasteiger partial charge in [-0.3, -0.25) is 0 Å². The molecule has 0 aromatic heterocycles. The van der Waals surface area contributed by atoms with Crippen molar-refractivity contribution in [2.24, 2.45) is 0 Å². The Labute approximate surface area is 120 Å². The normalized spacial score (nSPS) is 13.6. The number of halogens is 1. The summed E-state index contributed by atoms with van der Waals surface area (Å²) in [5.74, 6) is 0. The van der Waals surface area contributed by atoms with E-state index in [4.69, 9.17) is 5.73 Å². The molecule has 3 rings (SSSR count). The second-order valence-corrected chi connectivity index (χ2v) is 4.90. The third-order valence-electron chi connectivity index (χ3n) is 3.53. The highest BCUT2D eigenvalue weighted by molar-refractivity contribution is 5.85. The van der Waals surface area contributed by atoms with Crippen molar-refractivity contribution >= 4 is 23.8 Å². The molecule has 3 heteroatoms. The van der Waals surface area contributed by atoms with Crippen LogP contribution >= 0.6 is 12.4 Å². The first-order valence-electron chi connectivity index (χ1n) is 6.50. The predicted molar refractivity (Wildman–Crippen MR) is 83.9 cm³/mol. The lowest BCUT2D eigenvalue weighted by Crippen LogP contribution is -2.28. The van der Waals surface area contributed by atoms with Gasteiger partial charge in [-0.25, -0.2) is 0 Å². The van der Waals surface area contributed by atoms with Crippen LogP contribution in [0, 0.1) is 0 Å². The van der Waals surface area contributed by atoms with E-state index >= 15 is 0 Å². The molecule has 0 unspecified atom stereocenters. The molecule has 1 aliphatic rings. The number of hydrogen-bond acceptors (Lipinski definition) is 2. The molecule has 0 spiro atoms. The number of fused-ring (bicyclic) bond motifs is 1. The number of anilines is 2. The molecule has 100 valence electrons. The fourth-order valence-corrected chi connectivity index (χ4v) is 2.69. The summed E-state index contributed by atoms with van der Waals surface area (Å²) >= 11 is 0. The monoisotopic (exact) mass is 274 g/mol. The standard InChI is InChI=1S/C16H18N2.ClH/c17-15-8-3-5-13(11-15)12-18-10-4-7-14-6-1-2-9-16(14)18;/h1-3,5-6,8-9,11H,4,7,10,12,17H2;1H. The number of benzene rings is 2. The Morgan fingerprint density at radius 1 is 1.05 bits per heavy atom. The number of hydrogen-bond donors (Lipinski definition) is 1. The van der Waals surface area contributed by atoms with Gasteiger partial charge in [-0.1, -0.05) is 30.3 Å². The smallest absolute Gasteiger partial charge is 0.0430 e. The van der Waals surface area contributed by atoms with Crippen molar-refractivity contribution in [1.82, 2.24) is 0 Å². The lowest BCUT2D eigenvalue weighted by Gasteiger charge is -2.31. The fraction of sp³-hybridized carbons (Fsp3) is 0.250. The predicted octanol–water partition coefficient (Wildman–Crippen LogP) is 3.64. The Morgan fingerprint density at radius 3 is 2.74 bits per heavy atom. The fourth-order valence-electron chi connectivity index (χ4n) is 2.69. The lowest BCUT2D eigenvalue weighted by atomic mass is 10.0. The summed E-state index contributed by atoms with van der Waals surface area (Å²) in [5, 5.41) is 0. The molecule has 2 aromatic carbocycles. The minimum absolute atomic E-state index is 0. The Morgan fingerprint density at radius 2 is 1.89 bits per heavy atom. The van der Waals surface area contributed by atoms with Crippen LogP contribution in [0.2, 0.25) is 0 Å². The van der Waals surface area contributed by atoms with Gasteiger partial charge in [0.15, 0.2) is 0 Å². The summed E-state index contributed by atoms with van der Waals surface area (Å²) in [5.41, 5.74) is 10.8. The summed E-state index contributed by atoms with van der Waals surface area (Å²) in [6.07, 6.45) is 2.43. The van der Waals surface area contributed by atoms with E-state index in [1.165, 1.54) is 29.7 Å². The summed E-state index contributed by atoms with van der Waals surface area (Å²) < 4.78 is 0. The SMILES string of the molecule is Cl.Nc1cccc(CN2CCCc3ccccc32)c1. The number of nitrogens with zero attached hydrogens (tertiary/aromatic N) is 1. The number of para-hydroxylation sites is 1. The highest BCUT2D eigenvalue weighted by atomic mass is 35.5. The molecule has 0 saturated heterocycles. The average Bonchev–Trinajstić information content (AvgIpc) is 2.39. The van der Waals surface area contributed by atoms with Crippen molar-refractivity contribution in [2.75, 3.05) is 17.2 Å². The molecule has 19 heavy (non-hydrogen) atoms. The summed E-state index contributed by atoms with van der Waals surface area (Å²) in [6, 6.07) is 16.9. The largest absolute Gasteiger partial charge is 0.399 e. The molecule has 0 amide bonds. The molecule has 2 N–H and O–H groups in total. The topological polar surface area (TPSA) is 29.3 Å². The number of aryl methyl sites for hydroxylation is 1. The molecule has 0 fully saturated rings. The maximum atomic E-state index is 5.84. The van der Waals surface area contributed by atoms with Gasteiger partial charge in [-0.05, 0) is 42.2 Å². The van der Waals surface area contributed by atoms with Crippen molar-refractivity contribution in [3.05, 3.63) is 59.7 Å². The van der Waals surface area contributed by atoms with Gasteiger partial charge >= 0.3 is 0 Å². The highest BCUT2D eigenvalue weighted by Gasteiger charge is 2.15. The van der Waals surface area contributed by atoms with Crippen molar-refractivity contribution < 1.29 is 0 Å². The van der Waals surface area contributed by atoms with Gasteiger partial charge in [0.25, 0.3) is 0 Å². The van der Waals surface area contributed by atoms with Gasteiger partial charge in [0.2, 0.25) is 0 Å². The van der Waals surface area contributed by atoms with Crippen molar-refractivity contribution in [3.63, 3.8) is 0 Å². The first-order valence-corrected chi connectivity index (χ1v) is 6.50. The Hall–Kier alpha value is -1.67. The molecular formula is C16H19ClN2. The Bertz CT molecular complexity index is 554. The van der Waals surface area contributed by atoms with Gasteiger partial charge in [-0.2, -0.15) is 0 Å². The van der Waals surface area contributed by atoms with Gasteiger partial charge in [0, 0.05) is 24.5 Å². The maximum absolute atomic E-state index is 5.84. The number of nitrogens with two attached hydrogens (primary N) is 1. The molecule has 0 bridgehead atoms. The highest BCUT2D eigenvalue weighted by Crippen LogP contribution is 2.28. The van der Waals surface area contributed by atoms with E-state index < -0.39 is 0 Å². The van der Waals surface area contributed by atoms with Crippen LogP contribution < -0.4 is 10.6 Å². The second-order valence-electron chi connectivity index (χ2n) is 4.90. The summed E-state index contributed by atoms with van der Waals surface area (Å²) in [7, 11) is 0. The molecule has 2 aromatic rings. The van der Waals surface area contributed by atoms with Gasteiger partial charge in [0.05, 0.1) is 0 Å². The quantitative estimate of drug-likeness (QED) is 0.847. The first kappa shape index (κ1) is 13.8. The van der Waals surface area contributed by atoms with Crippen molar-refractivity contribution in [1.29, 1.82) is 0 Å². The third-order valence-corrected chi connectivity index (χ3v) is 3.53. The van der Waals surface area contributed by atoms with Crippen LogP contribution in [0.5, 0.6) is 0 Å². The molecule has 1 aliphatic heterocycles. The average molecular weight is 275 g/mol. The zero-order chi connectivity index (χ0) is 12.4. The Balaban J connectivity index is 0.00000133. The van der Waals surface area contributed by atoms with Crippen LogP contribution in [0.15, 0.2) is 48.5 Å². The molecule has 2 nitrogen and oxygen atoms in total. The Kier molecular flexibility index (Phi) is 4.33. The molecule has 0 saturated carbocycles. The molecule has 0 aliphatic carbocycles. The molecule has 0 atom stereocenters. The van der Waals surface area contributed by atoms with Crippen LogP contribution in [0.4, 0.5) is 11.4 Å². The lowest BCUT2D eigenvalue weighted by molar-refractivity contribution is 0.691. The third kappa shape index (κ3) is 3.02. The van der Waals surface area contributed by atoms with Crippen LogP contribution in [-0.4, -0.2) is 6.54 Å². The van der Waals surface area contributed by atoms with Crippen molar-refractivity contribution in [2.45, 2.75) is 19.4 Å². The van der Waals surface area contributed by atoms with E-state index in [1.807, 2.05) is 12.1 Å². The number of rotatable bonds is 2. The van der Waals surface area contributed by atoms with Gasteiger partial charge < -0.3 is 10.6 Å². The van der Waals surface area contributed by atoms with E-state index in [2.05, 4.69) is 41.3 Å². The van der Waals surface area contributed by atoms with Crippen LogP contribution in [0.3, 0.4) is 0 Å². The minimum atomic E-state index is 0. The van der Waals surface area contributed by atoms with Crippen LogP contribution in [0.1, 0.15) is 17.5 Å². The molecule has 1 heterocycles. The molecular weight excluding hydrogens is 256 g/mol. The van der Waals surface area contributed by atoms with Gasteiger partial charge in [0.1, 0.15) is 0 Å². The van der Waals surface area contributed by atoms with E-state index in [-0.39, 0.29) is 12.4 Å². The van der Waals surface area contributed by atoms with E-state index in [0.29, 0.717) is 0 Å². The number of nitrogen functional groups attached to an aromatic ring is 1. The first-order chi connectivity index (χ1) is 8.83. The van der Waals surface area contributed by atoms with E-state index in [0.717, 1.165) is 18.8 Å². The van der Waals surface area contributed by atoms with Crippen molar-refractivity contribution in [3.8, 4) is 0 Å². The minimum Gasteiger partial charge on any atom is -0.399 e. The van der Waals surface area contributed by atoms with Crippen LogP contribution in [-0.2, 0) is 13.0 Å². The van der Waals surface area contributed by atoms with E-state index in [9.17, 15) is 0 Å². The molecule has 0 radical (unpaired) electrons. The summed E-state index contributed by atoms with van der Waals surface area (Å²) in [4.78, 5) is 2.45. The van der Waals surface area contributed by atoms with Crippen LogP contribution in [0.25, 0.3) is 0 Å². The van der Waals surface area contributed by atoms with Gasteiger partial charge in [-0.15, -0.1) is 12.4 Å². The van der Waals surface area contributed by atoms with E-state index in [1.54, 1.807) is 0 Å². The summed E-state index contributed by atoms with van der Waals surface area (Å²) in [6.45, 7) is 2.08. The zero-order valence-corrected chi connectivity index (χ0v) is 11.7. The second kappa shape index (κ2) is 5.98. The zero-order valence-electron chi connectivity index (χ0n) is 10.9.